The van der Waals surface area contributed by atoms with E-state index in [0.717, 1.165) is 11.6 Å². The van der Waals surface area contributed by atoms with Crippen LogP contribution in [0.25, 0.3) is 11.0 Å². The molecule has 4 aromatic rings. The van der Waals surface area contributed by atoms with Gasteiger partial charge in [-0.15, -0.1) is 0 Å². The minimum absolute atomic E-state index is 0.184. The molecule has 0 spiro atoms. The third kappa shape index (κ3) is 4.85. The summed E-state index contributed by atoms with van der Waals surface area (Å²) < 4.78 is 42.2. The predicted octanol–water partition coefficient (Wildman–Crippen LogP) is 5.85. The molecule has 1 N–H and O–H groups in total. The number of imidazole rings is 1. The summed E-state index contributed by atoms with van der Waals surface area (Å²) in [5.41, 5.74) is 1.57. The van der Waals surface area contributed by atoms with Crippen molar-refractivity contribution in [2.45, 2.75) is 32.0 Å². The van der Waals surface area contributed by atoms with Crippen molar-refractivity contribution in [1.29, 1.82) is 0 Å². The molecular weight excluding hydrogens is 445 g/mol. The van der Waals surface area contributed by atoms with Crippen molar-refractivity contribution >= 4 is 22.8 Å². The van der Waals surface area contributed by atoms with E-state index in [2.05, 4.69) is 4.98 Å². The predicted molar refractivity (Wildman–Crippen MR) is 121 cm³/mol. The summed E-state index contributed by atoms with van der Waals surface area (Å²) >= 11 is 0. The van der Waals surface area contributed by atoms with Crippen LogP contribution in [0.1, 0.15) is 45.1 Å². The third-order valence-electron chi connectivity index (χ3n) is 5.67. The maximum absolute atomic E-state index is 13.5. The van der Waals surface area contributed by atoms with Gasteiger partial charge in [-0.1, -0.05) is 54.1 Å². The van der Waals surface area contributed by atoms with Crippen molar-refractivity contribution in [2.75, 3.05) is 0 Å². The zero-order valence-corrected chi connectivity index (χ0v) is 18.2. The Morgan fingerprint density at radius 1 is 1.03 bits per heavy atom. The van der Waals surface area contributed by atoms with Crippen LogP contribution in [0.5, 0.6) is 0 Å². The summed E-state index contributed by atoms with van der Waals surface area (Å²) in [5, 5.41) is 9.46. The van der Waals surface area contributed by atoms with Gasteiger partial charge in [-0.3, -0.25) is 9.59 Å². The van der Waals surface area contributed by atoms with E-state index in [0.29, 0.717) is 22.2 Å². The molecule has 0 amide bonds. The van der Waals surface area contributed by atoms with Gasteiger partial charge in [-0.2, -0.15) is 13.2 Å². The van der Waals surface area contributed by atoms with E-state index in [1.807, 2.05) is 30.3 Å². The van der Waals surface area contributed by atoms with Gasteiger partial charge < -0.3 is 9.67 Å². The van der Waals surface area contributed by atoms with Gasteiger partial charge in [0.25, 0.3) is 0 Å². The number of nitrogens with zero attached hydrogens (tertiary/aromatic N) is 2. The van der Waals surface area contributed by atoms with Crippen LogP contribution >= 0.6 is 0 Å². The second-order valence-electron chi connectivity index (χ2n) is 8.15. The van der Waals surface area contributed by atoms with Crippen LogP contribution in [0, 0.1) is 6.92 Å². The molecule has 174 valence electrons. The number of hydrogen-bond acceptors (Lipinski definition) is 3. The van der Waals surface area contributed by atoms with Gasteiger partial charge in [-0.05, 0) is 36.2 Å². The average molecular weight is 466 g/mol. The van der Waals surface area contributed by atoms with Crippen LogP contribution in [0.3, 0.4) is 0 Å². The number of aryl methyl sites for hydroxylation is 1. The van der Waals surface area contributed by atoms with Crippen molar-refractivity contribution in [3.8, 4) is 0 Å². The third-order valence-corrected chi connectivity index (χ3v) is 5.67. The topological polar surface area (TPSA) is 72.2 Å². The van der Waals surface area contributed by atoms with E-state index < -0.39 is 29.5 Å². The largest absolute Gasteiger partial charge is 0.481 e. The normalized spacial score (nSPS) is 12.6. The Morgan fingerprint density at radius 2 is 1.76 bits per heavy atom. The molecule has 0 saturated heterocycles. The Bertz CT molecular complexity index is 1360. The number of Topliss-reactive ketones (excluding diaryl/α,β-unsaturated/α-hetero) is 1. The van der Waals surface area contributed by atoms with Gasteiger partial charge >= 0.3 is 12.1 Å². The molecule has 5 nitrogen and oxygen atoms in total. The molecule has 8 heteroatoms. The molecule has 0 aliphatic carbocycles. The highest BCUT2D eigenvalue weighted by Crippen LogP contribution is 2.33. The minimum Gasteiger partial charge on any atom is -0.481 e. The SMILES string of the molecule is Cc1ccc(C(=O)Cc2ccc3ncn(C(CC(=O)O)c4ccccc4)c3c2)c(C(F)(F)F)c1. The molecule has 1 unspecified atom stereocenters. The maximum atomic E-state index is 13.5. The first kappa shape index (κ1) is 23.2. The van der Waals surface area contributed by atoms with Crippen molar-refractivity contribution in [3.63, 3.8) is 0 Å². The summed E-state index contributed by atoms with van der Waals surface area (Å²) in [5.74, 6) is -1.64. The van der Waals surface area contributed by atoms with Gasteiger partial charge in [-0.25, -0.2) is 4.98 Å². The molecule has 1 aromatic heterocycles. The summed E-state index contributed by atoms with van der Waals surface area (Å²) in [6, 6.07) is 17.2. The smallest absolute Gasteiger partial charge is 0.417 e. The van der Waals surface area contributed by atoms with Gasteiger partial charge in [0.2, 0.25) is 0 Å². The number of carboxylic acid groups (broad SMARTS) is 1. The van der Waals surface area contributed by atoms with Crippen LogP contribution in [-0.4, -0.2) is 26.4 Å². The number of ketones is 1. The number of aromatic nitrogens is 2. The van der Waals surface area contributed by atoms with Crippen LogP contribution in [0.15, 0.2) is 73.1 Å². The Labute approximate surface area is 193 Å². The van der Waals surface area contributed by atoms with E-state index in [4.69, 9.17) is 0 Å². The fourth-order valence-electron chi connectivity index (χ4n) is 4.06. The molecule has 0 bridgehead atoms. The van der Waals surface area contributed by atoms with Crippen LogP contribution in [0.2, 0.25) is 0 Å². The van der Waals surface area contributed by atoms with E-state index >= 15 is 0 Å². The van der Waals surface area contributed by atoms with E-state index in [1.165, 1.54) is 12.1 Å². The van der Waals surface area contributed by atoms with E-state index in [1.54, 1.807) is 36.0 Å². The van der Waals surface area contributed by atoms with Gasteiger partial charge in [0, 0.05) is 12.0 Å². The lowest BCUT2D eigenvalue weighted by atomic mass is 9.96. The second-order valence-corrected chi connectivity index (χ2v) is 8.15. The fraction of sp³-hybridized carbons (Fsp3) is 0.192. The first-order chi connectivity index (χ1) is 16.1. The lowest BCUT2D eigenvalue weighted by Crippen LogP contribution is -2.15. The molecule has 1 heterocycles. The maximum Gasteiger partial charge on any atom is 0.417 e. The summed E-state index contributed by atoms with van der Waals surface area (Å²) in [6.07, 6.45) is -3.52. The number of fused-ring (bicyclic) bond motifs is 1. The van der Waals surface area contributed by atoms with Crippen molar-refractivity contribution in [3.05, 3.63) is 101 Å². The highest BCUT2D eigenvalue weighted by molar-refractivity contribution is 5.99. The molecule has 0 radical (unpaired) electrons. The summed E-state index contributed by atoms with van der Waals surface area (Å²) in [4.78, 5) is 28.7. The Kier molecular flexibility index (Phi) is 6.24. The Balaban J connectivity index is 1.71. The van der Waals surface area contributed by atoms with Gasteiger partial charge in [0.1, 0.15) is 0 Å². The molecular formula is C26H21F3N2O3. The van der Waals surface area contributed by atoms with E-state index in [-0.39, 0.29) is 18.4 Å². The lowest BCUT2D eigenvalue weighted by molar-refractivity contribution is -0.138. The van der Waals surface area contributed by atoms with Gasteiger partial charge in [0.05, 0.1) is 35.4 Å². The first-order valence-electron chi connectivity index (χ1n) is 10.6. The van der Waals surface area contributed by atoms with Crippen molar-refractivity contribution < 1.29 is 27.9 Å². The van der Waals surface area contributed by atoms with Crippen molar-refractivity contribution in [2.24, 2.45) is 0 Å². The minimum atomic E-state index is -4.64. The molecule has 4 rings (SSSR count). The standard InChI is InChI=1S/C26H21F3N2O3/c1-16-7-9-19(20(11-16)26(27,28)29)24(32)13-17-8-10-21-23(12-17)31(15-30-21)22(14-25(33)34)18-5-3-2-4-6-18/h2-12,15,22H,13-14H2,1H3,(H,33,34). The number of carboxylic acids is 1. The highest BCUT2D eigenvalue weighted by Gasteiger charge is 2.35. The first-order valence-corrected chi connectivity index (χ1v) is 10.6. The molecule has 34 heavy (non-hydrogen) atoms. The summed E-state index contributed by atoms with van der Waals surface area (Å²) in [6.45, 7) is 1.54. The highest BCUT2D eigenvalue weighted by atomic mass is 19.4. The summed E-state index contributed by atoms with van der Waals surface area (Å²) in [7, 11) is 0. The van der Waals surface area contributed by atoms with Crippen molar-refractivity contribution in [1.82, 2.24) is 9.55 Å². The number of benzene rings is 3. The zero-order valence-electron chi connectivity index (χ0n) is 18.2. The molecule has 3 aromatic carbocycles. The van der Waals surface area contributed by atoms with Gasteiger partial charge in [0.15, 0.2) is 5.78 Å². The lowest BCUT2D eigenvalue weighted by Gasteiger charge is -2.18. The van der Waals surface area contributed by atoms with Crippen LogP contribution in [0.4, 0.5) is 13.2 Å². The second kappa shape index (κ2) is 9.13. The Morgan fingerprint density at radius 3 is 2.44 bits per heavy atom. The number of hydrogen-bond donors (Lipinski definition) is 1. The molecule has 1 atom stereocenters. The zero-order chi connectivity index (χ0) is 24.5. The number of rotatable bonds is 7. The van der Waals surface area contributed by atoms with Crippen LogP contribution in [-0.2, 0) is 17.4 Å². The quantitative estimate of drug-likeness (QED) is 0.347. The molecule has 0 aliphatic rings. The number of carbonyl (C=O) groups is 2. The fourth-order valence-corrected chi connectivity index (χ4v) is 4.06. The average Bonchev–Trinajstić information content (AvgIpc) is 3.20. The molecule has 0 saturated carbocycles. The number of halogens is 3. The molecule has 0 aliphatic heterocycles. The number of aliphatic carboxylic acids is 1. The Hall–Kier alpha value is -3.94. The number of alkyl halides is 3. The van der Waals surface area contributed by atoms with E-state index in [9.17, 15) is 27.9 Å². The monoisotopic (exact) mass is 466 g/mol. The van der Waals surface area contributed by atoms with Crippen LogP contribution < -0.4 is 0 Å². The molecule has 0 fully saturated rings. The number of carbonyl (C=O) groups excluding carboxylic acids is 1.